The van der Waals surface area contributed by atoms with Crippen molar-refractivity contribution in [1.82, 2.24) is 5.32 Å². The smallest absolute Gasteiger partial charge is 0.416 e. The van der Waals surface area contributed by atoms with E-state index in [1.165, 1.54) is 32.9 Å². The molecule has 0 fully saturated rings. The average Bonchev–Trinajstić information content (AvgIpc) is 2.49. The summed E-state index contributed by atoms with van der Waals surface area (Å²) in [5, 5.41) is 0.584. The lowest BCUT2D eigenvalue weighted by Gasteiger charge is -2.16. The average molecular weight is 367 g/mol. The molecule has 1 rings (SSSR count). The molecule has 0 saturated carbocycles. The standard InChI is InChI=1S/C15H20F3NO4S/c1-10(2)24(21,22)11(3)14(20)19-8-9-23-13-6-4-12(5-7-13)15(16,17)18/h4-7,10-11H,8-9H2,1-3H3,(H,19,20)/t11-/m0/s1. The minimum atomic E-state index is -4.41. The molecule has 0 spiro atoms. The van der Waals surface area contributed by atoms with Crippen LogP contribution in [0.15, 0.2) is 24.3 Å². The number of halogens is 3. The van der Waals surface area contributed by atoms with Gasteiger partial charge in [0.1, 0.15) is 17.6 Å². The maximum absolute atomic E-state index is 12.4. The van der Waals surface area contributed by atoms with Crippen LogP contribution in [0.5, 0.6) is 5.75 Å². The van der Waals surface area contributed by atoms with Crippen molar-refractivity contribution < 1.29 is 31.1 Å². The molecule has 0 saturated heterocycles. The largest absolute Gasteiger partial charge is 0.492 e. The second kappa shape index (κ2) is 7.87. The highest BCUT2D eigenvalue weighted by molar-refractivity contribution is 7.93. The molecule has 9 heteroatoms. The molecule has 0 unspecified atom stereocenters. The molecule has 5 nitrogen and oxygen atoms in total. The second-order valence-corrected chi connectivity index (χ2v) is 8.27. The number of carbonyl (C=O) groups is 1. The minimum absolute atomic E-state index is 0.00551. The molecule has 1 aromatic carbocycles. The Morgan fingerprint density at radius 3 is 2.17 bits per heavy atom. The number of hydrogen-bond acceptors (Lipinski definition) is 4. The Hall–Kier alpha value is -1.77. The maximum Gasteiger partial charge on any atom is 0.416 e. The fourth-order valence-corrected chi connectivity index (χ4v) is 2.98. The Bertz CT molecular complexity index is 654. The van der Waals surface area contributed by atoms with Crippen LogP contribution >= 0.6 is 0 Å². The van der Waals surface area contributed by atoms with Crippen molar-refractivity contribution >= 4 is 15.7 Å². The summed E-state index contributed by atoms with van der Waals surface area (Å²) in [5.74, 6) is -0.417. The zero-order valence-corrected chi connectivity index (χ0v) is 14.4. The number of ether oxygens (including phenoxy) is 1. The van der Waals surface area contributed by atoms with Gasteiger partial charge in [-0.3, -0.25) is 4.79 Å². The Morgan fingerprint density at radius 2 is 1.71 bits per heavy atom. The lowest BCUT2D eigenvalue weighted by Crippen LogP contribution is -2.42. The van der Waals surface area contributed by atoms with Crippen molar-refractivity contribution in [3.05, 3.63) is 29.8 Å². The van der Waals surface area contributed by atoms with Gasteiger partial charge in [-0.15, -0.1) is 0 Å². The summed E-state index contributed by atoms with van der Waals surface area (Å²) in [4.78, 5) is 11.8. The van der Waals surface area contributed by atoms with E-state index in [-0.39, 0.29) is 18.9 Å². The van der Waals surface area contributed by atoms with Gasteiger partial charge in [0.25, 0.3) is 0 Å². The van der Waals surface area contributed by atoms with E-state index < -0.39 is 38.0 Å². The monoisotopic (exact) mass is 367 g/mol. The Morgan fingerprint density at radius 1 is 1.17 bits per heavy atom. The number of alkyl halides is 3. The number of rotatable bonds is 7. The molecule has 1 atom stereocenters. The lowest BCUT2D eigenvalue weighted by molar-refractivity contribution is -0.137. The van der Waals surface area contributed by atoms with Crippen LogP contribution in [0, 0.1) is 0 Å². The summed E-state index contributed by atoms with van der Waals surface area (Å²) in [7, 11) is -3.54. The Labute approximate surface area is 139 Å². The van der Waals surface area contributed by atoms with Gasteiger partial charge in [-0.25, -0.2) is 8.42 Å². The van der Waals surface area contributed by atoms with Gasteiger partial charge in [0, 0.05) is 0 Å². The Kier molecular flexibility index (Phi) is 6.65. The van der Waals surface area contributed by atoms with Gasteiger partial charge in [-0.2, -0.15) is 13.2 Å². The van der Waals surface area contributed by atoms with Crippen LogP contribution in [0.1, 0.15) is 26.3 Å². The van der Waals surface area contributed by atoms with Gasteiger partial charge < -0.3 is 10.1 Å². The highest BCUT2D eigenvalue weighted by Gasteiger charge is 2.31. The van der Waals surface area contributed by atoms with Gasteiger partial charge in [-0.1, -0.05) is 0 Å². The van der Waals surface area contributed by atoms with Crippen LogP contribution in [-0.2, 0) is 20.8 Å². The molecule has 0 aliphatic carbocycles. The molecule has 1 aromatic rings. The van der Waals surface area contributed by atoms with E-state index in [0.717, 1.165) is 12.1 Å². The van der Waals surface area contributed by atoms with Crippen LogP contribution in [-0.4, -0.2) is 38.0 Å². The maximum atomic E-state index is 12.4. The van der Waals surface area contributed by atoms with Crippen LogP contribution < -0.4 is 10.1 Å². The predicted molar refractivity (Wildman–Crippen MR) is 83.5 cm³/mol. The first kappa shape index (κ1) is 20.3. The summed E-state index contributed by atoms with van der Waals surface area (Å²) in [6, 6.07) is 4.14. The fourth-order valence-electron chi connectivity index (χ4n) is 1.78. The summed E-state index contributed by atoms with van der Waals surface area (Å²) >= 11 is 0. The molecule has 1 amide bonds. The summed E-state index contributed by atoms with van der Waals surface area (Å²) < 4.78 is 66.1. The Balaban J connectivity index is 2.45. The number of sulfone groups is 1. The molecule has 0 aromatic heterocycles. The van der Waals surface area contributed by atoms with Crippen LogP contribution in [0.2, 0.25) is 0 Å². The molecular formula is C15H20F3NO4S. The topological polar surface area (TPSA) is 72.5 Å². The summed E-state index contributed by atoms with van der Waals surface area (Å²) in [6.45, 7) is 4.34. The minimum Gasteiger partial charge on any atom is -0.492 e. The van der Waals surface area contributed by atoms with Crippen molar-refractivity contribution in [2.24, 2.45) is 0 Å². The quantitative estimate of drug-likeness (QED) is 0.751. The third-order valence-corrected chi connectivity index (χ3v) is 5.88. The van der Waals surface area contributed by atoms with Gasteiger partial charge >= 0.3 is 6.18 Å². The number of amides is 1. The van der Waals surface area contributed by atoms with Crippen LogP contribution in [0.4, 0.5) is 13.2 Å². The van der Waals surface area contributed by atoms with Gasteiger partial charge in [0.05, 0.1) is 17.4 Å². The van der Waals surface area contributed by atoms with Crippen molar-refractivity contribution in [3.8, 4) is 5.75 Å². The first-order chi connectivity index (χ1) is 11.0. The third kappa shape index (κ3) is 5.40. The molecule has 0 radical (unpaired) electrons. The van der Waals surface area contributed by atoms with Crippen molar-refractivity contribution in [2.45, 2.75) is 37.4 Å². The number of carbonyl (C=O) groups excluding carboxylic acids is 1. The SMILES string of the molecule is CC(C)S(=O)(=O)[C@@H](C)C(=O)NCCOc1ccc(C(F)(F)F)cc1. The summed E-state index contributed by atoms with van der Waals surface area (Å²) in [5.41, 5.74) is -0.782. The highest BCUT2D eigenvalue weighted by atomic mass is 32.2. The second-order valence-electron chi connectivity index (χ2n) is 5.44. The molecule has 1 N–H and O–H groups in total. The van der Waals surface area contributed by atoms with Crippen molar-refractivity contribution in [3.63, 3.8) is 0 Å². The lowest BCUT2D eigenvalue weighted by atomic mass is 10.2. The molecule has 0 aliphatic rings. The first-order valence-corrected chi connectivity index (χ1v) is 8.87. The number of nitrogens with one attached hydrogen (secondary N) is 1. The van der Waals surface area contributed by atoms with Gasteiger partial charge in [-0.05, 0) is 45.0 Å². The van der Waals surface area contributed by atoms with E-state index in [1.54, 1.807) is 0 Å². The zero-order valence-electron chi connectivity index (χ0n) is 13.6. The number of hydrogen-bond donors (Lipinski definition) is 1. The van der Waals surface area contributed by atoms with Gasteiger partial charge in [0.15, 0.2) is 9.84 Å². The van der Waals surface area contributed by atoms with E-state index in [9.17, 15) is 26.4 Å². The van der Waals surface area contributed by atoms with E-state index in [0.29, 0.717) is 0 Å². The third-order valence-electron chi connectivity index (χ3n) is 3.37. The summed E-state index contributed by atoms with van der Waals surface area (Å²) in [6.07, 6.45) is -4.41. The van der Waals surface area contributed by atoms with Crippen LogP contribution in [0.3, 0.4) is 0 Å². The predicted octanol–water partition coefficient (Wildman–Crippen LogP) is 2.41. The molecule has 24 heavy (non-hydrogen) atoms. The highest BCUT2D eigenvalue weighted by Crippen LogP contribution is 2.30. The van der Waals surface area contributed by atoms with Gasteiger partial charge in [0.2, 0.25) is 5.91 Å². The van der Waals surface area contributed by atoms with E-state index in [1.807, 2.05) is 0 Å². The zero-order chi connectivity index (χ0) is 18.5. The molecule has 0 aliphatic heterocycles. The molecule has 136 valence electrons. The number of benzene rings is 1. The normalized spacial score (nSPS) is 13.6. The van der Waals surface area contributed by atoms with E-state index in [2.05, 4.69) is 5.32 Å². The van der Waals surface area contributed by atoms with Crippen molar-refractivity contribution in [1.29, 1.82) is 0 Å². The van der Waals surface area contributed by atoms with E-state index in [4.69, 9.17) is 4.74 Å². The van der Waals surface area contributed by atoms with E-state index >= 15 is 0 Å². The fraction of sp³-hybridized carbons (Fsp3) is 0.533. The molecular weight excluding hydrogens is 347 g/mol. The van der Waals surface area contributed by atoms with Crippen molar-refractivity contribution in [2.75, 3.05) is 13.2 Å². The van der Waals surface area contributed by atoms with Crippen LogP contribution in [0.25, 0.3) is 0 Å². The molecule has 0 bridgehead atoms. The molecule has 0 heterocycles. The first-order valence-electron chi connectivity index (χ1n) is 7.26.